The molecule has 0 heterocycles. The fourth-order valence-corrected chi connectivity index (χ4v) is 1.25. The minimum absolute atomic E-state index is 0.182. The van der Waals surface area contributed by atoms with Gasteiger partial charge in [0.25, 0.3) is 0 Å². The molecule has 2 atom stereocenters. The first-order chi connectivity index (χ1) is 5.75. The van der Waals surface area contributed by atoms with Crippen LogP contribution >= 0.6 is 11.6 Å². The highest BCUT2D eigenvalue weighted by Crippen LogP contribution is 2.37. The topological polar surface area (TPSA) is 29.1 Å². The predicted octanol–water partition coefficient (Wildman–Crippen LogP) is 1.55. The summed E-state index contributed by atoms with van der Waals surface area (Å²) in [5.74, 6) is 1.55. The van der Waals surface area contributed by atoms with Crippen molar-refractivity contribution in [1.82, 2.24) is 5.32 Å². The lowest BCUT2D eigenvalue weighted by atomic mass is 10.3. The Kier molecular flexibility index (Phi) is 3.60. The first-order valence-electron chi connectivity index (χ1n) is 4.24. The molecule has 2 unspecified atom stereocenters. The van der Waals surface area contributed by atoms with E-state index in [0.717, 1.165) is 6.42 Å². The van der Waals surface area contributed by atoms with Crippen molar-refractivity contribution in [3.8, 4) is 0 Å². The average molecular weight is 188 g/mol. The van der Waals surface area contributed by atoms with Gasteiger partial charge in [-0.05, 0) is 12.3 Å². The Morgan fingerprint density at radius 2 is 2.33 bits per heavy atom. The SMILES string of the molecule is CC1CC1C(=O)NC/C=C/CCl. The Hall–Kier alpha value is -0.500. The molecule has 1 fully saturated rings. The molecular formula is C9H14ClNO. The zero-order valence-corrected chi connectivity index (χ0v) is 7.97. The standard InChI is InChI=1S/C9H14ClNO/c1-7-6-8(7)9(12)11-5-3-2-4-10/h2-3,7-8H,4-6H2,1H3,(H,11,12)/b3-2+. The van der Waals surface area contributed by atoms with E-state index in [-0.39, 0.29) is 11.8 Å². The number of carbonyl (C=O) groups excluding carboxylic acids is 1. The largest absolute Gasteiger partial charge is 0.352 e. The molecule has 0 aromatic carbocycles. The Bertz CT molecular complexity index is 191. The summed E-state index contributed by atoms with van der Waals surface area (Å²) in [6.45, 7) is 2.70. The summed E-state index contributed by atoms with van der Waals surface area (Å²) in [6.07, 6.45) is 4.75. The van der Waals surface area contributed by atoms with Gasteiger partial charge in [0.15, 0.2) is 0 Å². The minimum Gasteiger partial charge on any atom is -0.352 e. The van der Waals surface area contributed by atoms with Gasteiger partial charge in [0.05, 0.1) is 0 Å². The average Bonchev–Trinajstić information content (AvgIpc) is 2.76. The lowest BCUT2D eigenvalue weighted by Gasteiger charge is -1.98. The first kappa shape index (κ1) is 9.59. The van der Waals surface area contributed by atoms with Crippen LogP contribution in [0.2, 0.25) is 0 Å². The van der Waals surface area contributed by atoms with E-state index >= 15 is 0 Å². The Labute approximate surface area is 78.0 Å². The van der Waals surface area contributed by atoms with Crippen LogP contribution in [-0.4, -0.2) is 18.3 Å². The fourth-order valence-electron chi connectivity index (χ4n) is 1.12. The van der Waals surface area contributed by atoms with Crippen molar-refractivity contribution < 1.29 is 4.79 Å². The quantitative estimate of drug-likeness (QED) is 0.525. The third kappa shape index (κ3) is 2.86. The van der Waals surface area contributed by atoms with E-state index in [2.05, 4.69) is 12.2 Å². The van der Waals surface area contributed by atoms with Crippen LogP contribution in [0.4, 0.5) is 0 Å². The molecule has 68 valence electrons. The van der Waals surface area contributed by atoms with E-state index in [0.29, 0.717) is 18.3 Å². The van der Waals surface area contributed by atoms with Gasteiger partial charge in [0.2, 0.25) is 5.91 Å². The van der Waals surface area contributed by atoms with Gasteiger partial charge in [0.1, 0.15) is 0 Å². The van der Waals surface area contributed by atoms with Crippen molar-refractivity contribution in [2.75, 3.05) is 12.4 Å². The third-order valence-corrected chi connectivity index (χ3v) is 2.27. The van der Waals surface area contributed by atoms with Crippen LogP contribution in [0, 0.1) is 11.8 Å². The molecule has 0 saturated heterocycles. The number of hydrogen-bond acceptors (Lipinski definition) is 1. The number of halogens is 1. The van der Waals surface area contributed by atoms with E-state index in [1.165, 1.54) is 0 Å². The Balaban J connectivity index is 2.07. The molecule has 2 nitrogen and oxygen atoms in total. The second-order valence-electron chi connectivity index (χ2n) is 3.19. The lowest BCUT2D eigenvalue weighted by molar-refractivity contribution is -0.122. The highest BCUT2D eigenvalue weighted by Gasteiger charge is 2.38. The minimum atomic E-state index is 0.182. The van der Waals surface area contributed by atoms with E-state index in [4.69, 9.17) is 11.6 Å². The van der Waals surface area contributed by atoms with Crippen molar-refractivity contribution in [1.29, 1.82) is 0 Å². The first-order valence-corrected chi connectivity index (χ1v) is 4.78. The zero-order chi connectivity index (χ0) is 8.97. The molecule has 1 saturated carbocycles. The third-order valence-electron chi connectivity index (χ3n) is 2.10. The van der Waals surface area contributed by atoms with Crippen LogP contribution in [0.3, 0.4) is 0 Å². The molecule has 1 aliphatic carbocycles. The molecular weight excluding hydrogens is 174 g/mol. The van der Waals surface area contributed by atoms with E-state index in [1.54, 1.807) is 0 Å². The number of amides is 1. The summed E-state index contributed by atoms with van der Waals surface area (Å²) in [5, 5.41) is 2.83. The summed E-state index contributed by atoms with van der Waals surface area (Å²) in [6, 6.07) is 0. The molecule has 0 bridgehead atoms. The van der Waals surface area contributed by atoms with Crippen molar-refractivity contribution in [2.45, 2.75) is 13.3 Å². The van der Waals surface area contributed by atoms with Crippen molar-refractivity contribution in [3.63, 3.8) is 0 Å². The molecule has 1 rings (SSSR count). The Morgan fingerprint density at radius 3 is 2.83 bits per heavy atom. The zero-order valence-electron chi connectivity index (χ0n) is 7.22. The number of carbonyl (C=O) groups is 1. The van der Waals surface area contributed by atoms with E-state index in [9.17, 15) is 4.79 Å². The lowest BCUT2D eigenvalue weighted by Crippen LogP contribution is -2.25. The molecule has 0 aromatic rings. The van der Waals surface area contributed by atoms with Crippen LogP contribution < -0.4 is 5.32 Å². The Morgan fingerprint density at radius 1 is 1.67 bits per heavy atom. The molecule has 0 spiro atoms. The van der Waals surface area contributed by atoms with Gasteiger partial charge in [-0.2, -0.15) is 0 Å². The van der Waals surface area contributed by atoms with Gasteiger partial charge in [0, 0.05) is 18.3 Å². The highest BCUT2D eigenvalue weighted by atomic mass is 35.5. The van der Waals surface area contributed by atoms with Crippen molar-refractivity contribution in [3.05, 3.63) is 12.2 Å². The highest BCUT2D eigenvalue weighted by molar-refractivity contribution is 6.18. The second-order valence-corrected chi connectivity index (χ2v) is 3.50. The molecule has 1 aliphatic rings. The summed E-state index contributed by atoms with van der Waals surface area (Å²) >= 11 is 5.42. The summed E-state index contributed by atoms with van der Waals surface area (Å²) < 4.78 is 0. The van der Waals surface area contributed by atoms with Crippen LogP contribution in [-0.2, 0) is 4.79 Å². The van der Waals surface area contributed by atoms with Gasteiger partial charge in [-0.1, -0.05) is 19.1 Å². The molecule has 1 N–H and O–H groups in total. The molecule has 0 aromatic heterocycles. The second kappa shape index (κ2) is 4.51. The van der Waals surface area contributed by atoms with Gasteiger partial charge < -0.3 is 5.32 Å². The number of allylic oxidation sites excluding steroid dienone is 1. The van der Waals surface area contributed by atoms with Gasteiger partial charge in [-0.3, -0.25) is 4.79 Å². The van der Waals surface area contributed by atoms with Gasteiger partial charge in [-0.25, -0.2) is 0 Å². The summed E-state index contributed by atoms with van der Waals surface area (Å²) in [5.41, 5.74) is 0. The van der Waals surface area contributed by atoms with Crippen molar-refractivity contribution >= 4 is 17.5 Å². The molecule has 1 amide bonds. The maximum absolute atomic E-state index is 11.2. The van der Waals surface area contributed by atoms with Crippen LogP contribution in [0.1, 0.15) is 13.3 Å². The van der Waals surface area contributed by atoms with E-state index < -0.39 is 0 Å². The summed E-state index contributed by atoms with van der Waals surface area (Å²) in [7, 11) is 0. The number of hydrogen-bond donors (Lipinski definition) is 1. The molecule has 12 heavy (non-hydrogen) atoms. The maximum Gasteiger partial charge on any atom is 0.223 e. The number of alkyl halides is 1. The van der Waals surface area contributed by atoms with Crippen LogP contribution in [0.25, 0.3) is 0 Å². The number of rotatable bonds is 4. The van der Waals surface area contributed by atoms with E-state index in [1.807, 2.05) is 12.2 Å². The molecule has 0 aliphatic heterocycles. The molecule has 3 heteroatoms. The van der Waals surface area contributed by atoms with Gasteiger partial charge in [-0.15, -0.1) is 11.6 Å². The predicted molar refractivity (Wildman–Crippen MR) is 50.1 cm³/mol. The smallest absolute Gasteiger partial charge is 0.223 e. The van der Waals surface area contributed by atoms with Crippen molar-refractivity contribution in [2.24, 2.45) is 11.8 Å². The van der Waals surface area contributed by atoms with Crippen LogP contribution in [0.15, 0.2) is 12.2 Å². The monoisotopic (exact) mass is 187 g/mol. The molecule has 0 radical (unpaired) electrons. The normalized spacial score (nSPS) is 27.5. The summed E-state index contributed by atoms with van der Waals surface area (Å²) in [4.78, 5) is 11.2. The van der Waals surface area contributed by atoms with Crippen LogP contribution in [0.5, 0.6) is 0 Å². The fraction of sp³-hybridized carbons (Fsp3) is 0.667. The van der Waals surface area contributed by atoms with Gasteiger partial charge >= 0.3 is 0 Å². The maximum atomic E-state index is 11.2. The number of nitrogens with one attached hydrogen (secondary N) is 1.